The van der Waals surface area contributed by atoms with Gasteiger partial charge in [0.15, 0.2) is 0 Å². The Hall–Kier alpha value is -1.02. The van der Waals surface area contributed by atoms with E-state index >= 15 is 0 Å². The van der Waals surface area contributed by atoms with Gasteiger partial charge in [-0.1, -0.05) is 19.1 Å². The smallest absolute Gasteiger partial charge is 0.0418 e. The number of anilines is 1. The zero-order valence-corrected chi connectivity index (χ0v) is 8.96. The second kappa shape index (κ2) is 4.01. The SMILES string of the molecule is CCc1ccc(N2CC(NC)C2)cc1. The van der Waals surface area contributed by atoms with E-state index in [1.165, 1.54) is 11.3 Å². The van der Waals surface area contributed by atoms with Crippen LogP contribution in [0.15, 0.2) is 24.3 Å². The van der Waals surface area contributed by atoms with Gasteiger partial charge in [0, 0.05) is 24.8 Å². The van der Waals surface area contributed by atoms with Gasteiger partial charge in [-0.15, -0.1) is 0 Å². The lowest BCUT2D eigenvalue weighted by Gasteiger charge is -2.40. The number of likely N-dealkylation sites (N-methyl/N-ethyl adjacent to an activating group) is 1. The van der Waals surface area contributed by atoms with Crippen molar-refractivity contribution >= 4 is 5.69 Å². The lowest BCUT2D eigenvalue weighted by atomic mass is 10.1. The molecule has 1 aliphatic rings. The Labute approximate surface area is 85.9 Å². The van der Waals surface area contributed by atoms with Gasteiger partial charge in [-0.3, -0.25) is 0 Å². The molecule has 1 N–H and O–H groups in total. The Bertz CT molecular complexity index is 286. The maximum absolute atomic E-state index is 3.28. The van der Waals surface area contributed by atoms with Crippen LogP contribution in [0, 0.1) is 0 Å². The normalized spacial score (nSPS) is 16.9. The number of nitrogens with zero attached hydrogens (tertiary/aromatic N) is 1. The van der Waals surface area contributed by atoms with Gasteiger partial charge in [-0.25, -0.2) is 0 Å². The van der Waals surface area contributed by atoms with Crippen LogP contribution in [-0.4, -0.2) is 26.2 Å². The fraction of sp³-hybridized carbons (Fsp3) is 0.500. The molecule has 2 heteroatoms. The van der Waals surface area contributed by atoms with Crippen molar-refractivity contribution in [2.24, 2.45) is 0 Å². The Morgan fingerprint density at radius 2 is 1.93 bits per heavy atom. The van der Waals surface area contributed by atoms with E-state index in [1.807, 2.05) is 7.05 Å². The maximum atomic E-state index is 3.28. The van der Waals surface area contributed by atoms with Gasteiger partial charge in [0.2, 0.25) is 0 Å². The van der Waals surface area contributed by atoms with E-state index in [-0.39, 0.29) is 0 Å². The topological polar surface area (TPSA) is 15.3 Å². The summed E-state index contributed by atoms with van der Waals surface area (Å²) < 4.78 is 0. The number of rotatable bonds is 3. The zero-order valence-electron chi connectivity index (χ0n) is 8.96. The minimum absolute atomic E-state index is 0.681. The van der Waals surface area contributed by atoms with Crippen molar-refractivity contribution in [3.63, 3.8) is 0 Å². The summed E-state index contributed by atoms with van der Waals surface area (Å²) in [4.78, 5) is 2.40. The minimum atomic E-state index is 0.681. The zero-order chi connectivity index (χ0) is 9.97. The van der Waals surface area contributed by atoms with Gasteiger partial charge in [-0.05, 0) is 31.2 Å². The lowest BCUT2D eigenvalue weighted by Crippen LogP contribution is -2.57. The first-order valence-corrected chi connectivity index (χ1v) is 5.34. The van der Waals surface area contributed by atoms with Crippen LogP contribution < -0.4 is 10.2 Å². The molecule has 2 nitrogen and oxygen atoms in total. The maximum Gasteiger partial charge on any atom is 0.0418 e. The number of hydrogen-bond acceptors (Lipinski definition) is 2. The number of nitrogens with one attached hydrogen (secondary N) is 1. The van der Waals surface area contributed by atoms with Gasteiger partial charge in [-0.2, -0.15) is 0 Å². The molecule has 1 saturated heterocycles. The molecule has 0 radical (unpaired) electrons. The van der Waals surface area contributed by atoms with Gasteiger partial charge in [0.1, 0.15) is 0 Å². The Balaban J connectivity index is 1.98. The minimum Gasteiger partial charge on any atom is -0.368 e. The standard InChI is InChI=1S/C12H18N2/c1-3-10-4-6-12(7-5-10)14-8-11(9-14)13-2/h4-7,11,13H,3,8-9H2,1-2H3. The number of benzene rings is 1. The molecule has 0 bridgehead atoms. The first-order valence-electron chi connectivity index (χ1n) is 5.34. The summed E-state index contributed by atoms with van der Waals surface area (Å²) in [5.74, 6) is 0. The molecular weight excluding hydrogens is 172 g/mol. The third-order valence-electron chi connectivity index (χ3n) is 3.00. The highest BCUT2D eigenvalue weighted by atomic mass is 15.2. The average Bonchev–Trinajstić information content (AvgIpc) is 2.17. The van der Waals surface area contributed by atoms with E-state index in [0.717, 1.165) is 19.5 Å². The van der Waals surface area contributed by atoms with Crippen molar-refractivity contribution < 1.29 is 0 Å². The first-order chi connectivity index (χ1) is 6.83. The molecule has 1 heterocycles. The van der Waals surface area contributed by atoms with E-state index < -0.39 is 0 Å². The highest BCUT2D eigenvalue weighted by molar-refractivity contribution is 5.50. The molecule has 0 amide bonds. The first kappa shape index (κ1) is 9.53. The summed E-state index contributed by atoms with van der Waals surface area (Å²) in [5, 5.41) is 3.28. The van der Waals surface area contributed by atoms with E-state index in [9.17, 15) is 0 Å². The third kappa shape index (κ3) is 1.75. The summed E-state index contributed by atoms with van der Waals surface area (Å²) in [7, 11) is 2.03. The lowest BCUT2D eigenvalue weighted by molar-refractivity contribution is 0.450. The molecule has 1 aromatic carbocycles. The molecular formula is C12H18N2. The van der Waals surface area contributed by atoms with Crippen molar-refractivity contribution in [3.8, 4) is 0 Å². The molecule has 0 aliphatic carbocycles. The molecule has 1 aromatic rings. The van der Waals surface area contributed by atoms with Gasteiger partial charge in [0.25, 0.3) is 0 Å². The molecule has 0 aromatic heterocycles. The van der Waals surface area contributed by atoms with Crippen LogP contribution >= 0.6 is 0 Å². The third-order valence-corrected chi connectivity index (χ3v) is 3.00. The molecule has 76 valence electrons. The van der Waals surface area contributed by atoms with E-state index in [0.29, 0.717) is 6.04 Å². The van der Waals surface area contributed by atoms with Crippen molar-refractivity contribution in [1.82, 2.24) is 5.32 Å². The molecule has 1 fully saturated rings. The highest BCUT2D eigenvalue weighted by Gasteiger charge is 2.24. The largest absolute Gasteiger partial charge is 0.368 e. The van der Waals surface area contributed by atoms with Crippen LogP contribution in [0.1, 0.15) is 12.5 Å². The van der Waals surface area contributed by atoms with Gasteiger partial charge >= 0.3 is 0 Å². The quantitative estimate of drug-likeness (QED) is 0.779. The summed E-state index contributed by atoms with van der Waals surface area (Å²) >= 11 is 0. The van der Waals surface area contributed by atoms with Crippen LogP contribution in [0.4, 0.5) is 5.69 Å². The number of aryl methyl sites for hydroxylation is 1. The Morgan fingerprint density at radius 1 is 1.29 bits per heavy atom. The number of hydrogen-bond donors (Lipinski definition) is 1. The van der Waals surface area contributed by atoms with Crippen LogP contribution in [0.25, 0.3) is 0 Å². The molecule has 0 saturated carbocycles. The van der Waals surface area contributed by atoms with E-state index in [4.69, 9.17) is 0 Å². The van der Waals surface area contributed by atoms with E-state index in [1.54, 1.807) is 0 Å². The molecule has 0 atom stereocenters. The second-order valence-corrected chi connectivity index (χ2v) is 3.91. The predicted molar refractivity (Wildman–Crippen MR) is 60.9 cm³/mol. The van der Waals surface area contributed by atoms with Crippen molar-refractivity contribution in [2.75, 3.05) is 25.0 Å². The molecule has 0 unspecified atom stereocenters. The second-order valence-electron chi connectivity index (χ2n) is 3.91. The van der Waals surface area contributed by atoms with Crippen molar-refractivity contribution in [3.05, 3.63) is 29.8 Å². The summed E-state index contributed by atoms with van der Waals surface area (Å²) in [6.45, 7) is 4.47. The van der Waals surface area contributed by atoms with Gasteiger partial charge in [0.05, 0.1) is 0 Å². The van der Waals surface area contributed by atoms with Crippen LogP contribution in [0.5, 0.6) is 0 Å². The fourth-order valence-corrected chi connectivity index (χ4v) is 1.81. The summed E-state index contributed by atoms with van der Waals surface area (Å²) in [6.07, 6.45) is 1.12. The van der Waals surface area contributed by atoms with E-state index in [2.05, 4.69) is 41.4 Å². The fourth-order valence-electron chi connectivity index (χ4n) is 1.81. The monoisotopic (exact) mass is 190 g/mol. The molecule has 2 rings (SSSR count). The summed E-state index contributed by atoms with van der Waals surface area (Å²) in [5.41, 5.74) is 2.77. The summed E-state index contributed by atoms with van der Waals surface area (Å²) in [6, 6.07) is 9.58. The molecule has 1 aliphatic heterocycles. The molecule has 0 spiro atoms. The van der Waals surface area contributed by atoms with Crippen molar-refractivity contribution in [1.29, 1.82) is 0 Å². The van der Waals surface area contributed by atoms with Gasteiger partial charge < -0.3 is 10.2 Å². The highest BCUT2D eigenvalue weighted by Crippen LogP contribution is 2.21. The Morgan fingerprint density at radius 3 is 2.43 bits per heavy atom. The predicted octanol–water partition coefficient (Wildman–Crippen LogP) is 1.66. The molecule has 14 heavy (non-hydrogen) atoms. The van der Waals surface area contributed by atoms with Crippen molar-refractivity contribution in [2.45, 2.75) is 19.4 Å². The van der Waals surface area contributed by atoms with Crippen LogP contribution in [-0.2, 0) is 6.42 Å². The average molecular weight is 190 g/mol. The Kier molecular flexibility index (Phi) is 2.73. The van der Waals surface area contributed by atoms with Crippen LogP contribution in [0.3, 0.4) is 0 Å². The van der Waals surface area contributed by atoms with Crippen LogP contribution in [0.2, 0.25) is 0 Å².